The molecule has 1 aromatic carbocycles. The first-order valence-electron chi connectivity index (χ1n) is 11.5. The van der Waals surface area contributed by atoms with E-state index in [1.807, 2.05) is 41.1 Å². The molecule has 166 valence electrons. The summed E-state index contributed by atoms with van der Waals surface area (Å²) < 4.78 is 3.94. The molecule has 2 aliphatic heterocycles. The molecule has 1 saturated heterocycles. The zero-order chi connectivity index (χ0) is 21.8. The molecule has 32 heavy (non-hydrogen) atoms. The topological polar surface area (TPSA) is 89.2 Å². The Hall–Kier alpha value is -3.23. The molecule has 1 aliphatic carbocycles. The number of carbonyl (C=O) groups is 2. The third-order valence-corrected chi connectivity index (χ3v) is 7.05. The number of aromatic nitrogens is 5. The zero-order valence-corrected chi connectivity index (χ0v) is 18.3. The number of para-hydroxylation sites is 1. The minimum absolute atomic E-state index is 0.0221. The molecular weight excluding hydrogens is 406 g/mol. The normalized spacial score (nSPS) is 21.1. The van der Waals surface area contributed by atoms with E-state index in [9.17, 15) is 9.59 Å². The first-order valence-corrected chi connectivity index (χ1v) is 11.5. The van der Waals surface area contributed by atoms with Gasteiger partial charge in [0.15, 0.2) is 11.5 Å². The van der Waals surface area contributed by atoms with Crippen LogP contribution >= 0.6 is 0 Å². The van der Waals surface area contributed by atoms with Crippen molar-refractivity contribution in [2.24, 2.45) is 13.0 Å². The van der Waals surface area contributed by atoms with Gasteiger partial charge in [0.1, 0.15) is 5.82 Å². The van der Waals surface area contributed by atoms with Gasteiger partial charge < -0.3 is 14.4 Å². The van der Waals surface area contributed by atoms with Crippen LogP contribution < -0.4 is 0 Å². The average Bonchev–Trinajstić information content (AvgIpc) is 3.51. The predicted molar refractivity (Wildman–Crippen MR) is 117 cm³/mol. The van der Waals surface area contributed by atoms with Crippen LogP contribution in [0.25, 0.3) is 10.9 Å². The van der Waals surface area contributed by atoms with Gasteiger partial charge >= 0.3 is 0 Å². The number of piperidine rings is 1. The Bertz CT molecular complexity index is 1210. The van der Waals surface area contributed by atoms with Crippen LogP contribution in [0, 0.1) is 5.92 Å². The van der Waals surface area contributed by atoms with E-state index in [2.05, 4.69) is 19.9 Å². The molecule has 3 aromatic rings. The number of nitrogens with zero attached hydrogens (tertiary/aromatic N) is 7. The highest BCUT2D eigenvalue weighted by Gasteiger charge is 2.37. The van der Waals surface area contributed by atoms with Gasteiger partial charge in [-0.15, -0.1) is 10.2 Å². The molecule has 6 rings (SSSR count). The molecule has 9 nitrogen and oxygen atoms in total. The zero-order valence-electron chi connectivity index (χ0n) is 18.3. The molecule has 1 atom stereocenters. The summed E-state index contributed by atoms with van der Waals surface area (Å²) in [6, 6.07) is 7.85. The van der Waals surface area contributed by atoms with Crippen molar-refractivity contribution in [2.75, 3.05) is 19.6 Å². The highest BCUT2D eigenvalue weighted by molar-refractivity contribution is 6.04. The summed E-state index contributed by atoms with van der Waals surface area (Å²) in [4.78, 5) is 29.7. The summed E-state index contributed by atoms with van der Waals surface area (Å²) >= 11 is 0. The number of hydrogen-bond donors (Lipinski definition) is 0. The maximum atomic E-state index is 13.4. The van der Waals surface area contributed by atoms with Gasteiger partial charge in [0, 0.05) is 50.4 Å². The number of aryl methyl sites for hydroxylation is 1. The summed E-state index contributed by atoms with van der Waals surface area (Å²) in [5.41, 5.74) is 1.47. The molecule has 0 spiro atoms. The average molecular weight is 434 g/mol. The van der Waals surface area contributed by atoms with Crippen LogP contribution in [0.1, 0.15) is 53.7 Å². The minimum atomic E-state index is -0.0221. The van der Waals surface area contributed by atoms with Gasteiger partial charge in [0.2, 0.25) is 5.91 Å². The highest BCUT2D eigenvalue weighted by Crippen LogP contribution is 2.33. The Morgan fingerprint density at radius 2 is 1.84 bits per heavy atom. The molecule has 2 aromatic heterocycles. The summed E-state index contributed by atoms with van der Waals surface area (Å²) in [5.74, 6) is 2.42. The summed E-state index contributed by atoms with van der Waals surface area (Å²) in [6.07, 6.45) is 3.95. The SMILES string of the molecule is Cn1nc(C(=O)N2CCCC(c3nnc4n3CCN(C(=O)C3CC3)C4)C2)c2ccccc21. The molecule has 2 fully saturated rings. The van der Waals surface area contributed by atoms with E-state index < -0.39 is 0 Å². The Balaban J connectivity index is 1.21. The van der Waals surface area contributed by atoms with Gasteiger partial charge in [-0.3, -0.25) is 14.3 Å². The molecule has 9 heteroatoms. The highest BCUT2D eigenvalue weighted by atomic mass is 16.2. The van der Waals surface area contributed by atoms with Gasteiger partial charge in [-0.05, 0) is 31.7 Å². The lowest BCUT2D eigenvalue weighted by molar-refractivity contribution is -0.134. The molecule has 0 radical (unpaired) electrons. The fraction of sp³-hybridized carbons (Fsp3) is 0.522. The van der Waals surface area contributed by atoms with Gasteiger partial charge in [-0.25, -0.2) is 0 Å². The number of hydrogen-bond acceptors (Lipinski definition) is 5. The van der Waals surface area contributed by atoms with Crippen molar-refractivity contribution in [3.63, 3.8) is 0 Å². The fourth-order valence-electron chi connectivity index (χ4n) is 5.15. The second kappa shape index (κ2) is 7.43. The second-order valence-corrected chi connectivity index (χ2v) is 9.24. The van der Waals surface area contributed by atoms with Crippen molar-refractivity contribution < 1.29 is 9.59 Å². The summed E-state index contributed by atoms with van der Waals surface area (Å²) in [5, 5.41) is 14.3. The first kappa shape index (κ1) is 19.5. The van der Waals surface area contributed by atoms with Gasteiger partial charge in [-0.1, -0.05) is 18.2 Å². The van der Waals surface area contributed by atoms with Crippen LogP contribution in [-0.2, 0) is 24.9 Å². The van der Waals surface area contributed by atoms with Crippen molar-refractivity contribution in [1.82, 2.24) is 34.3 Å². The van der Waals surface area contributed by atoms with E-state index in [0.717, 1.165) is 61.3 Å². The van der Waals surface area contributed by atoms with Crippen molar-refractivity contribution in [2.45, 2.75) is 44.7 Å². The van der Waals surface area contributed by atoms with Crippen LogP contribution in [0.3, 0.4) is 0 Å². The van der Waals surface area contributed by atoms with Crippen molar-refractivity contribution in [3.05, 3.63) is 41.6 Å². The minimum Gasteiger partial charge on any atom is -0.337 e. The van der Waals surface area contributed by atoms with Crippen LogP contribution in [0.15, 0.2) is 24.3 Å². The largest absolute Gasteiger partial charge is 0.337 e. The first-order chi connectivity index (χ1) is 15.6. The van der Waals surface area contributed by atoms with E-state index in [1.54, 1.807) is 4.68 Å². The van der Waals surface area contributed by atoms with E-state index in [-0.39, 0.29) is 23.7 Å². The molecular formula is C23H27N7O2. The maximum absolute atomic E-state index is 13.4. The number of rotatable bonds is 3. The lowest BCUT2D eigenvalue weighted by Crippen LogP contribution is -2.42. The van der Waals surface area contributed by atoms with Crippen molar-refractivity contribution >= 4 is 22.7 Å². The van der Waals surface area contributed by atoms with E-state index in [4.69, 9.17) is 0 Å². The molecule has 3 aliphatic rings. The molecule has 0 bridgehead atoms. The number of likely N-dealkylation sites (tertiary alicyclic amines) is 1. The predicted octanol–water partition coefficient (Wildman–Crippen LogP) is 1.94. The lowest BCUT2D eigenvalue weighted by Gasteiger charge is -2.33. The summed E-state index contributed by atoms with van der Waals surface area (Å²) in [6.45, 7) is 3.32. The Kier molecular flexibility index (Phi) is 4.51. The van der Waals surface area contributed by atoms with Gasteiger partial charge in [0.25, 0.3) is 5.91 Å². The smallest absolute Gasteiger partial charge is 0.275 e. The molecule has 1 saturated carbocycles. The van der Waals surface area contributed by atoms with Gasteiger partial charge in [-0.2, -0.15) is 5.10 Å². The molecule has 4 heterocycles. The number of amides is 2. The van der Waals surface area contributed by atoms with E-state index in [0.29, 0.717) is 25.3 Å². The summed E-state index contributed by atoms with van der Waals surface area (Å²) in [7, 11) is 1.87. The molecule has 1 unspecified atom stereocenters. The van der Waals surface area contributed by atoms with Crippen LogP contribution in [0.4, 0.5) is 0 Å². The van der Waals surface area contributed by atoms with Crippen molar-refractivity contribution in [3.8, 4) is 0 Å². The fourth-order valence-corrected chi connectivity index (χ4v) is 5.15. The van der Waals surface area contributed by atoms with E-state index in [1.165, 1.54) is 0 Å². The Morgan fingerprint density at radius 3 is 2.69 bits per heavy atom. The van der Waals surface area contributed by atoms with Gasteiger partial charge in [0.05, 0.1) is 12.1 Å². The van der Waals surface area contributed by atoms with Crippen LogP contribution in [0.2, 0.25) is 0 Å². The maximum Gasteiger partial charge on any atom is 0.275 e. The number of carbonyl (C=O) groups excluding carboxylic acids is 2. The lowest BCUT2D eigenvalue weighted by atomic mass is 9.96. The monoisotopic (exact) mass is 433 g/mol. The van der Waals surface area contributed by atoms with Crippen LogP contribution in [0.5, 0.6) is 0 Å². The molecule has 2 amide bonds. The van der Waals surface area contributed by atoms with Crippen molar-refractivity contribution in [1.29, 1.82) is 0 Å². The quantitative estimate of drug-likeness (QED) is 0.630. The Morgan fingerprint density at radius 1 is 1.00 bits per heavy atom. The third-order valence-electron chi connectivity index (χ3n) is 7.05. The standard InChI is InChI=1S/C23H27N7O2/c1-27-18-7-3-2-6-17(18)20(26-27)23(32)28-10-4-5-16(13-28)21-25-24-19-14-29(11-12-30(19)21)22(31)15-8-9-15/h2-3,6-7,15-16H,4-5,8-14H2,1H3. The third kappa shape index (κ3) is 3.18. The molecule has 0 N–H and O–H groups in total. The van der Waals surface area contributed by atoms with E-state index >= 15 is 0 Å². The second-order valence-electron chi connectivity index (χ2n) is 9.24. The van der Waals surface area contributed by atoms with Crippen LogP contribution in [-0.4, -0.2) is 65.8 Å². The number of fused-ring (bicyclic) bond motifs is 2. The Labute approximate surface area is 186 Å². The number of benzene rings is 1.